The summed E-state index contributed by atoms with van der Waals surface area (Å²) >= 11 is 0. The van der Waals surface area contributed by atoms with E-state index in [0.717, 1.165) is 19.3 Å². The first-order chi connectivity index (χ1) is 8.58. The van der Waals surface area contributed by atoms with Gasteiger partial charge in [-0.15, -0.1) is 0 Å². The lowest BCUT2D eigenvalue weighted by atomic mass is 10.2. The molecule has 1 aromatic rings. The molecule has 18 heavy (non-hydrogen) atoms. The molecule has 0 heterocycles. The van der Waals surface area contributed by atoms with Crippen molar-refractivity contribution < 1.29 is 13.5 Å². The van der Waals surface area contributed by atoms with E-state index in [2.05, 4.69) is 10.8 Å². The van der Waals surface area contributed by atoms with Crippen LogP contribution in [0.4, 0.5) is 0 Å². The summed E-state index contributed by atoms with van der Waals surface area (Å²) in [5.74, 6) is -0.0450. The van der Waals surface area contributed by atoms with Crippen molar-refractivity contribution in [1.82, 2.24) is 4.72 Å². The molecule has 4 nitrogen and oxygen atoms in total. The predicted octanol–water partition coefficient (Wildman–Crippen LogP) is 2.17. The number of nitrogens with one attached hydrogen (secondary N) is 1. The van der Waals surface area contributed by atoms with Crippen molar-refractivity contribution in [1.29, 1.82) is 0 Å². The van der Waals surface area contributed by atoms with Crippen molar-refractivity contribution in [2.75, 3.05) is 6.54 Å². The Hall–Kier alpha value is -1.33. The number of benzene rings is 1. The minimum absolute atomic E-state index is 0.0450. The summed E-state index contributed by atoms with van der Waals surface area (Å²) in [7, 11) is -3.51. The van der Waals surface area contributed by atoms with Crippen LogP contribution in [0.3, 0.4) is 0 Å². The van der Waals surface area contributed by atoms with Crippen LogP contribution in [0.15, 0.2) is 40.8 Å². The van der Waals surface area contributed by atoms with Crippen LogP contribution in [0.1, 0.15) is 25.7 Å². The molecule has 0 aliphatic heterocycles. The van der Waals surface area contributed by atoms with Gasteiger partial charge in [0.2, 0.25) is 10.0 Å². The van der Waals surface area contributed by atoms with E-state index in [1.165, 1.54) is 36.3 Å². The van der Waals surface area contributed by atoms with Gasteiger partial charge in [-0.1, -0.05) is 17.7 Å². The van der Waals surface area contributed by atoms with Gasteiger partial charge in [0.05, 0.1) is 4.90 Å². The molecular formula is C13H17NO3S. The zero-order valence-electron chi connectivity index (χ0n) is 10.1. The van der Waals surface area contributed by atoms with Gasteiger partial charge in [-0.05, 0) is 43.9 Å². The molecule has 0 fully saturated rings. The summed E-state index contributed by atoms with van der Waals surface area (Å²) in [6, 6.07) is 5.68. The average Bonchev–Trinajstić information content (AvgIpc) is 2.82. The molecule has 1 aromatic carbocycles. The zero-order valence-corrected chi connectivity index (χ0v) is 10.9. The van der Waals surface area contributed by atoms with Gasteiger partial charge in [0.1, 0.15) is 5.75 Å². The highest BCUT2D eigenvalue weighted by molar-refractivity contribution is 7.89. The Morgan fingerprint density at radius 2 is 2.17 bits per heavy atom. The molecule has 1 aliphatic carbocycles. The first kappa shape index (κ1) is 13.1. The Bertz CT molecular complexity index is 549. The number of hydrogen-bond donors (Lipinski definition) is 2. The van der Waals surface area contributed by atoms with Gasteiger partial charge in [-0.25, -0.2) is 13.1 Å². The van der Waals surface area contributed by atoms with Crippen molar-refractivity contribution in [2.45, 2.75) is 30.6 Å². The van der Waals surface area contributed by atoms with E-state index in [1.54, 1.807) is 0 Å². The summed E-state index contributed by atoms with van der Waals surface area (Å²) < 4.78 is 26.4. The summed E-state index contributed by atoms with van der Waals surface area (Å²) in [5.41, 5.74) is 1.33. The lowest BCUT2D eigenvalue weighted by Gasteiger charge is -2.07. The molecule has 0 amide bonds. The molecule has 0 radical (unpaired) electrons. The third-order valence-corrected chi connectivity index (χ3v) is 4.46. The van der Waals surface area contributed by atoms with Crippen molar-refractivity contribution in [3.8, 4) is 5.75 Å². The molecule has 0 saturated carbocycles. The first-order valence-electron chi connectivity index (χ1n) is 6.04. The molecule has 0 atom stereocenters. The van der Waals surface area contributed by atoms with E-state index < -0.39 is 10.0 Å². The van der Waals surface area contributed by atoms with E-state index >= 15 is 0 Å². The minimum atomic E-state index is -3.51. The molecule has 5 heteroatoms. The van der Waals surface area contributed by atoms with E-state index in [4.69, 9.17) is 0 Å². The summed E-state index contributed by atoms with van der Waals surface area (Å²) in [6.07, 6.45) is 6.30. The molecule has 1 aliphatic rings. The topological polar surface area (TPSA) is 66.4 Å². The smallest absolute Gasteiger partial charge is 0.240 e. The number of aromatic hydroxyl groups is 1. The molecule has 2 rings (SSSR count). The quantitative estimate of drug-likeness (QED) is 0.803. The molecule has 0 spiro atoms. The maximum atomic E-state index is 11.9. The highest BCUT2D eigenvalue weighted by Gasteiger charge is 2.14. The number of phenols is 1. The molecular weight excluding hydrogens is 250 g/mol. The lowest BCUT2D eigenvalue weighted by molar-refractivity contribution is 0.473. The maximum Gasteiger partial charge on any atom is 0.240 e. The highest BCUT2D eigenvalue weighted by Crippen LogP contribution is 2.20. The van der Waals surface area contributed by atoms with Crippen molar-refractivity contribution >= 4 is 10.0 Å². The van der Waals surface area contributed by atoms with Crippen LogP contribution in [0.2, 0.25) is 0 Å². The fourth-order valence-electron chi connectivity index (χ4n) is 2.04. The van der Waals surface area contributed by atoms with Gasteiger partial charge < -0.3 is 5.11 Å². The molecule has 0 aromatic heterocycles. The van der Waals surface area contributed by atoms with E-state index in [-0.39, 0.29) is 10.6 Å². The van der Waals surface area contributed by atoms with E-state index in [9.17, 15) is 13.5 Å². The third-order valence-electron chi connectivity index (χ3n) is 3.00. The molecule has 0 saturated heterocycles. The Balaban J connectivity index is 1.95. The fourth-order valence-corrected chi connectivity index (χ4v) is 3.12. The van der Waals surface area contributed by atoms with Crippen molar-refractivity contribution in [3.63, 3.8) is 0 Å². The SMILES string of the molecule is O=S(=O)(NCCC1=CCCC1)c1cccc(O)c1. The molecule has 0 bridgehead atoms. The van der Waals surface area contributed by atoms with Gasteiger partial charge in [0.15, 0.2) is 0 Å². The van der Waals surface area contributed by atoms with Crippen LogP contribution in [-0.2, 0) is 10.0 Å². The number of allylic oxidation sites excluding steroid dienone is 1. The van der Waals surface area contributed by atoms with Crippen LogP contribution in [0.5, 0.6) is 5.75 Å². The Kier molecular flexibility index (Phi) is 4.04. The summed E-state index contributed by atoms with van der Waals surface area (Å²) in [5, 5.41) is 9.27. The van der Waals surface area contributed by atoms with Crippen LogP contribution in [0, 0.1) is 0 Å². The van der Waals surface area contributed by atoms with E-state index in [1.807, 2.05) is 0 Å². The second-order valence-corrected chi connectivity index (χ2v) is 6.17. The maximum absolute atomic E-state index is 11.9. The number of rotatable bonds is 5. The van der Waals surface area contributed by atoms with Gasteiger partial charge in [-0.2, -0.15) is 0 Å². The van der Waals surface area contributed by atoms with Crippen LogP contribution in [0.25, 0.3) is 0 Å². The third kappa shape index (κ3) is 3.34. The van der Waals surface area contributed by atoms with Gasteiger partial charge in [0.25, 0.3) is 0 Å². The second kappa shape index (κ2) is 5.54. The predicted molar refractivity (Wildman–Crippen MR) is 69.8 cm³/mol. The van der Waals surface area contributed by atoms with Crippen LogP contribution >= 0.6 is 0 Å². The summed E-state index contributed by atoms with van der Waals surface area (Å²) in [4.78, 5) is 0.0999. The van der Waals surface area contributed by atoms with Crippen molar-refractivity contribution in [2.24, 2.45) is 0 Å². The normalized spacial score (nSPS) is 15.7. The largest absolute Gasteiger partial charge is 0.508 e. The van der Waals surface area contributed by atoms with Gasteiger partial charge in [0, 0.05) is 6.54 Å². The Morgan fingerprint density at radius 3 is 2.83 bits per heavy atom. The lowest BCUT2D eigenvalue weighted by Crippen LogP contribution is -2.24. The second-order valence-electron chi connectivity index (χ2n) is 4.40. The number of hydrogen-bond acceptors (Lipinski definition) is 3. The number of phenolic OH excluding ortho intramolecular Hbond substituents is 1. The molecule has 2 N–H and O–H groups in total. The first-order valence-corrected chi connectivity index (χ1v) is 7.53. The van der Waals surface area contributed by atoms with Gasteiger partial charge >= 0.3 is 0 Å². The van der Waals surface area contributed by atoms with Crippen LogP contribution < -0.4 is 4.72 Å². The summed E-state index contributed by atoms with van der Waals surface area (Å²) in [6.45, 7) is 0.407. The molecule has 0 unspecified atom stereocenters. The van der Waals surface area contributed by atoms with E-state index in [0.29, 0.717) is 6.54 Å². The fraction of sp³-hybridized carbons (Fsp3) is 0.385. The van der Waals surface area contributed by atoms with Crippen molar-refractivity contribution in [3.05, 3.63) is 35.9 Å². The minimum Gasteiger partial charge on any atom is -0.508 e. The zero-order chi connectivity index (χ0) is 13.0. The van der Waals surface area contributed by atoms with Crippen LogP contribution in [-0.4, -0.2) is 20.1 Å². The number of sulfonamides is 1. The molecule has 98 valence electrons. The highest BCUT2D eigenvalue weighted by atomic mass is 32.2. The average molecular weight is 267 g/mol. The standard InChI is InChI=1S/C13H17NO3S/c15-12-6-3-7-13(10-12)18(16,17)14-9-8-11-4-1-2-5-11/h3-4,6-7,10,14-15H,1-2,5,8-9H2. The Morgan fingerprint density at radius 1 is 1.33 bits per heavy atom. The Labute approximate surface area is 107 Å². The monoisotopic (exact) mass is 267 g/mol. The van der Waals surface area contributed by atoms with Gasteiger partial charge in [-0.3, -0.25) is 0 Å².